The molecule has 2 aromatic carbocycles. The third-order valence-electron chi connectivity index (χ3n) is 6.50. The predicted octanol–water partition coefficient (Wildman–Crippen LogP) is 5.01. The lowest BCUT2D eigenvalue weighted by molar-refractivity contribution is -0.123. The Hall–Kier alpha value is -4.00. The highest BCUT2D eigenvalue weighted by atomic mass is 16.5. The molecule has 7 heteroatoms. The van der Waals surface area contributed by atoms with Gasteiger partial charge in [-0.15, -0.1) is 0 Å². The molecule has 1 aliphatic rings. The van der Waals surface area contributed by atoms with Crippen LogP contribution in [0.2, 0.25) is 0 Å². The van der Waals surface area contributed by atoms with Crippen molar-refractivity contribution in [1.29, 1.82) is 0 Å². The van der Waals surface area contributed by atoms with E-state index in [9.17, 15) is 14.4 Å². The van der Waals surface area contributed by atoms with Crippen LogP contribution in [0.4, 0.5) is 5.69 Å². The minimum atomic E-state index is -0.963. The van der Waals surface area contributed by atoms with Crippen molar-refractivity contribution in [3.05, 3.63) is 95.3 Å². The zero-order valence-electron chi connectivity index (χ0n) is 20.6. The molecule has 1 N–H and O–H groups in total. The van der Waals surface area contributed by atoms with Crippen molar-refractivity contribution >= 4 is 23.5 Å². The molecule has 186 valence electrons. The lowest BCUT2D eigenvalue weighted by atomic mass is 9.94. The van der Waals surface area contributed by atoms with Gasteiger partial charge in [0, 0.05) is 17.9 Å². The van der Waals surface area contributed by atoms with Crippen LogP contribution >= 0.6 is 0 Å². The Bertz CT molecular complexity index is 1200. The van der Waals surface area contributed by atoms with Crippen LogP contribution in [0.25, 0.3) is 0 Å². The van der Waals surface area contributed by atoms with Gasteiger partial charge in [0.1, 0.15) is 11.7 Å². The van der Waals surface area contributed by atoms with Gasteiger partial charge in [0.2, 0.25) is 5.91 Å². The summed E-state index contributed by atoms with van der Waals surface area (Å²) in [5, 5.41) is 3.19. The number of pyridine rings is 1. The van der Waals surface area contributed by atoms with E-state index < -0.39 is 17.9 Å². The first kappa shape index (κ1) is 25.1. The first-order chi connectivity index (χ1) is 17.5. The van der Waals surface area contributed by atoms with Crippen LogP contribution in [0.1, 0.15) is 70.1 Å². The van der Waals surface area contributed by atoms with Crippen molar-refractivity contribution in [2.75, 3.05) is 12.0 Å². The largest absolute Gasteiger partial charge is 0.465 e. The second-order valence-corrected chi connectivity index (χ2v) is 9.09. The van der Waals surface area contributed by atoms with Gasteiger partial charge in [-0.1, -0.05) is 61.2 Å². The summed E-state index contributed by atoms with van der Waals surface area (Å²) in [5.41, 5.74) is 2.59. The summed E-state index contributed by atoms with van der Waals surface area (Å²) in [6.07, 6.45) is 6.67. The maximum atomic E-state index is 13.9. The highest BCUT2D eigenvalue weighted by molar-refractivity contribution is 6.09. The quantitative estimate of drug-likeness (QED) is 0.475. The van der Waals surface area contributed by atoms with Crippen molar-refractivity contribution < 1.29 is 19.1 Å². The number of benzene rings is 2. The number of hydrogen-bond acceptors (Lipinski definition) is 5. The number of anilines is 1. The number of nitrogens with zero attached hydrogens (tertiary/aromatic N) is 2. The van der Waals surface area contributed by atoms with Crippen molar-refractivity contribution in [2.45, 2.75) is 51.1 Å². The number of nitrogens with one attached hydrogen (secondary N) is 1. The van der Waals surface area contributed by atoms with E-state index in [4.69, 9.17) is 4.74 Å². The zero-order chi connectivity index (χ0) is 25.5. The van der Waals surface area contributed by atoms with Crippen molar-refractivity contribution in [1.82, 2.24) is 10.3 Å². The van der Waals surface area contributed by atoms with Gasteiger partial charge >= 0.3 is 5.97 Å². The molecule has 0 aliphatic heterocycles. The Labute approximate surface area is 211 Å². The summed E-state index contributed by atoms with van der Waals surface area (Å²) in [7, 11) is 1.30. The first-order valence-electron chi connectivity index (χ1n) is 12.3. The highest BCUT2D eigenvalue weighted by Gasteiger charge is 2.35. The number of amides is 2. The second-order valence-electron chi connectivity index (χ2n) is 9.09. The molecule has 1 saturated carbocycles. The summed E-state index contributed by atoms with van der Waals surface area (Å²) in [6, 6.07) is 18.3. The molecule has 2 amide bonds. The number of aryl methyl sites for hydroxylation is 1. The van der Waals surface area contributed by atoms with Gasteiger partial charge in [-0.05, 0) is 55.7 Å². The molecule has 1 aromatic heterocycles. The van der Waals surface area contributed by atoms with Crippen LogP contribution < -0.4 is 10.2 Å². The lowest BCUT2D eigenvalue weighted by Gasteiger charge is -2.33. The van der Waals surface area contributed by atoms with Gasteiger partial charge in [-0.2, -0.15) is 0 Å². The molecule has 1 aliphatic carbocycles. The number of carbonyl (C=O) groups excluding carboxylic acids is 3. The third kappa shape index (κ3) is 5.79. The Morgan fingerprint density at radius 3 is 2.39 bits per heavy atom. The number of methoxy groups -OCH3 is 1. The molecule has 4 rings (SSSR count). The van der Waals surface area contributed by atoms with Crippen molar-refractivity contribution in [2.24, 2.45) is 0 Å². The fourth-order valence-corrected chi connectivity index (χ4v) is 4.59. The third-order valence-corrected chi connectivity index (χ3v) is 6.50. The van der Waals surface area contributed by atoms with Crippen LogP contribution in [0.5, 0.6) is 0 Å². The molecule has 1 fully saturated rings. The van der Waals surface area contributed by atoms with Crippen LogP contribution in [-0.4, -0.2) is 35.9 Å². The maximum Gasteiger partial charge on any atom is 0.337 e. The minimum Gasteiger partial charge on any atom is -0.465 e. The first-order valence-corrected chi connectivity index (χ1v) is 12.3. The van der Waals surface area contributed by atoms with E-state index in [2.05, 4.69) is 10.3 Å². The molecule has 1 atom stereocenters. The zero-order valence-corrected chi connectivity index (χ0v) is 20.6. The number of carbonyl (C=O) groups is 3. The van der Waals surface area contributed by atoms with Crippen LogP contribution in [0, 0.1) is 6.92 Å². The van der Waals surface area contributed by atoms with E-state index in [1.807, 2.05) is 31.2 Å². The monoisotopic (exact) mass is 485 g/mol. The standard InChI is InChI=1S/C29H31N3O4/c1-20-14-16-21(17-15-20)26(27(33)31-23-10-4-3-5-11-23)32(28(34)25-13-6-7-18-30-25)24-12-8-9-22(19-24)29(35)36-2/h6-9,12-19,23,26H,3-5,10-11H2,1-2H3,(H,31,33). The number of rotatable bonds is 7. The normalized spacial score (nSPS) is 14.5. The van der Waals surface area contributed by atoms with E-state index in [0.717, 1.165) is 31.2 Å². The fraction of sp³-hybridized carbons (Fsp3) is 0.310. The molecule has 3 aromatic rings. The molecule has 36 heavy (non-hydrogen) atoms. The topological polar surface area (TPSA) is 88.6 Å². The lowest BCUT2D eigenvalue weighted by Crippen LogP contribution is -2.47. The van der Waals surface area contributed by atoms with Gasteiger partial charge in [-0.25, -0.2) is 4.79 Å². The predicted molar refractivity (Wildman–Crippen MR) is 138 cm³/mol. The SMILES string of the molecule is COC(=O)c1cccc(N(C(=O)c2ccccn2)C(C(=O)NC2CCCCC2)c2ccc(C)cc2)c1. The Morgan fingerprint density at radius 2 is 1.72 bits per heavy atom. The molecule has 0 saturated heterocycles. The average Bonchev–Trinajstić information content (AvgIpc) is 2.92. The maximum absolute atomic E-state index is 13.9. The fourth-order valence-electron chi connectivity index (χ4n) is 4.59. The van der Waals surface area contributed by atoms with Gasteiger partial charge in [0.15, 0.2) is 0 Å². The van der Waals surface area contributed by atoms with Crippen LogP contribution in [0.3, 0.4) is 0 Å². The van der Waals surface area contributed by atoms with Gasteiger partial charge in [0.25, 0.3) is 5.91 Å². The van der Waals surface area contributed by atoms with E-state index in [1.54, 1.807) is 48.7 Å². The number of ether oxygens (including phenoxy) is 1. The molecular weight excluding hydrogens is 454 g/mol. The van der Waals surface area contributed by atoms with E-state index in [-0.39, 0.29) is 23.2 Å². The van der Waals surface area contributed by atoms with Crippen molar-refractivity contribution in [3.8, 4) is 0 Å². The Morgan fingerprint density at radius 1 is 0.972 bits per heavy atom. The number of hydrogen-bond donors (Lipinski definition) is 1. The van der Waals surface area contributed by atoms with Crippen molar-refractivity contribution in [3.63, 3.8) is 0 Å². The molecule has 0 bridgehead atoms. The molecule has 0 spiro atoms. The van der Waals surface area contributed by atoms with Gasteiger partial charge < -0.3 is 10.1 Å². The summed E-state index contributed by atoms with van der Waals surface area (Å²) in [5.74, 6) is -1.24. The van der Waals surface area contributed by atoms with Crippen LogP contribution in [0.15, 0.2) is 72.9 Å². The Kier molecular flexibility index (Phi) is 8.10. The number of aromatic nitrogens is 1. The smallest absolute Gasteiger partial charge is 0.337 e. The van der Waals surface area contributed by atoms with Gasteiger partial charge in [-0.3, -0.25) is 19.5 Å². The summed E-state index contributed by atoms with van der Waals surface area (Å²) < 4.78 is 4.89. The second kappa shape index (κ2) is 11.6. The Balaban J connectivity index is 1.83. The summed E-state index contributed by atoms with van der Waals surface area (Å²) in [6.45, 7) is 1.97. The minimum absolute atomic E-state index is 0.0624. The molecule has 7 nitrogen and oxygen atoms in total. The van der Waals surface area contributed by atoms with E-state index >= 15 is 0 Å². The summed E-state index contributed by atoms with van der Waals surface area (Å²) >= 11 is 0. The summed E-state index contributed by atoms with van der Waals surface area (Å²) in [4.78, 5) is 45.8. The average molecular weight is 486 g/mol. The van der Waals surface area contributed by atoms with E-state index in [1.165, 1.54) is 18.4 Å². The molecule has 1 heterocycles. The molecular formula is C29H31N3O4. The van der Waals surface area contributed by atoms with Gasteiger partial charge in [0.05, 0.1) is 12.7 Å². The highest BCUT2D eigenvalue weighted by Crippen LogP contribution is 2.31. The molecule has 1 unspecified atom stereocenters. The molecule has 0 radical (unpaired) electrons. The number of esters is 1. The van der Waals surface area contributed by atoms with Crippen LogP contribution in [-0.2, 0) is 9.53 Å². The van der Waals surface area contributed by atoms with E-state index in [0.29, 0.717) is 11.3 Å².